The fourth-order valence-corrected chi connectivity index (χ4v) is 4.89. The monoisotopic (exact) mass is 468 g/mol. The molecule has 1 aliphatic carbocycles. The lowest BCUT2D eigenvalue weighted by atomic mass is 9.97. The SMILES string of the molecule is O=C(COC(=O)CCCNS(=O)(=O)c1ccc2c(c1)OCCO2)NC1CCCCCCC1. The topological polar surface area (TPSA) is 120 Å². The summed E-state index contributed by atoms with van der Waals surface area (Å²) in [5.74, 6) is 0.0801. The maximum atomic E-state index is 12.4. The van der Waals surface area contributed by atoms with Gasteiger partial charge in [-0.2, -0.15) is 0 Å². The molecule has 1 aliphatic heterocycles. The van der Waals surface area contributed by atoms with Gasteiger partial charge >= 0.3 is 5.97 Å². The normalized spacial score (nSPS) is 17.1. The molecule has 9 nitrogen and oxygen atoms in total. The Morgan fingerprint density at radius 1 is 1.00 bits per heavy atom. The second-order valence-electron chi connectivity index (χ2n) is 8.08. The number of carbonyl (C=O) groups is 2. The Kier molecular flexibility index (Phi) is 9.16. The summed E-state index contributed by atoms with van der Waals surface area (Å²) in [7, 11) is -3.74. The molecule has 0 saturated heterocycles. The molecular weight excluding hydrogens is 436 g/mol. The second-order valence-corrected chi connectivity index (χ2v) is 9.84. The summed E-state index contributed by atoms with van der Waals surface area (Å²) in [5.41, 5.74) is 0. The average Bonchev–Trinajstić information content (AvgIpc) is 2.76. The summed E-state index contributed by atoms with van der Waals surface area (Å²) < 4.78 is 43.2. The Hall–Kier alpha value is -2.33. The highest BCUT2D eigenvalue weighted by atomic mass is 32.2. The van der Waals surface area contributed by atoms with Crippen LogP contribution in [0.1, 0.15) is 57.8 Å². The van der Waals surface area contributed by atoms with Crippen molar-refractivity contribution in [3.8, 4) is 11.5 Å². The van der Waals surface area contributed by atoms with Gasteiger partial charge in [0.05, 0.1) is 4.90 Å². The third-order valence-electron chi connectivity index (χ3n) is 5.51. The first-order valence-electron chi connectivity index (χ1n) is 11.3. The van der Waals surface area contributed by atoms with Crippen molar-refractivity contribution in [2.45, 2.75) is 68.7 Å². The van der Waals surface area contributed by atoms with Gasteiger partial charge in [0.2, 0.25) is 10.0 Å². The van der Waals surface area contributed by atoms with Crippen LogP contribution in [-0.4, -0.2) is 52.7 Å². The molecule has 178 valence electrons. The number of hydrogen-bond acceptors (Lipinski definition) is 7. The van der Waals surface area contributed by atoms with E-state index >= 15 is 0 Å². The van der Waals surface area contributed by atoms with Crippen LogP contribution in [0.25, 0.3) is 0 Å². The van der Waals surface area contributed by atoms with Gasteiger partial charge in [0.1, 0.15) is 13.2 Å². The van der Waals surface area contributed by atoms with Crippen molar-refractivity contribution >= 4 is 21.9 Å². The van der Waals surface area contributed by atoms with Crippen molar-refractivity contribution < 1.29 is 32.2 Å². The van der Waals surface area contributed by atoms with Crippen LogP contribution in [0.5, 0.6) is 11.5 Å². The molecule has 1 aromatic rings. The van der Waals surface area contributed by atoms with Crippen LogP contribution in [0, 0.1) is 0 Å². The zero-order valence-corrected chi connectivity index (χ0v) is 19.1. The van der Waals surface area contributed by atoms with E-state index in [1.807, 2.05) is 0 Å². The molecule has 32 heavy (non-hydrogen) atoms. The van der Waals surface area contributed by atoms with E-state index in [1.165, 1.54) is 31.4 Å². The number of benzene rings is 1. The highest BCUT2D eigenvalue weighted by Gasteiger charge is 2.19. The van der Waals surface area contributed by atoms with Gasteiger partial charge in [-0.25, -0.2) is 13.1 Å². The third kappa shape index (κ3) is 7.67. The number of hydrogen-bond donors (Lipinski definition) is 2. The minimum absolute atomic E-state index is 0.0143. The zero-order valence-electron chi connectivity index (χ0n) is 18.3. The van der Waals surface area contributed by atoms with Gasteiger partial charge in [0.25, 0.3) is 5.91 Å². The molecule has 1 aromatic carbocycles. The minimum atomic E-state index is -3.74. The lowest BCUT2D eigenvalue weighted by molar-refractivity contribution is -0.148. The van der Waals surface area contributed by atoms with Gasteiger partial charge in [0.15, 0.2) is 18.1 Å². The Labute approximate surface area is 189 Å². The number of rotatable bonds is 9. The maximum Gasteiger partial charge on any atom is 0.306 e. The van der Waals surface area contributed by atoms with Crippen molar-refractivity contribution in [3.63, 3.8) is 0 Å². The lowest BCUT2D eigenvalue weighted by Gasteiger charge is -2.20. The fraction of sp³-hybridized carbons (Fsp3) is 0.636. The molecule has 0 spiro atoms. The summed E-state index contributed by atoms with van der Waals surface area (Å²) in [6, 6.07) is 4.57. The standard InChI is InChI=1S/C22H32N2O7S/c25-21(24-17-7-4-2-1-3-5-8-17)16-31-22(26)9-6-12-23-32(27,28)18-10-11-19-20(15-18)30-14-13-29-19/h10-11,15,17,23H,1-9,12-14,16H2,(H,24,25). The molecule has 0 atom stereocenters. The van der Waals surface area contributed by atoms with Crippen molar-refractivity contribution in [3.05, 3.63) is 18.2 Å². The molecule has 10 heteroatoms. The fourth-order valence-electron chi connectivity index (χ4n) is 3.80. The predicted octanol–water partition coefficient (Wildman–Crippen LogP) is 2.29. The van der Waals surface area contributed by atoms with Crippen LogP contribution in [0.2, 0.25) is 0 Å². The van der Waals surface area contributed by atoms with E-state index in [4.69, 9.17) is 14.2 Å². The first kappa shape index (κ1) is 24.3. The van der Waals surface area contributed by atoms with Crippen LogP contribution >= 0.6 is 0 Å². The largest absolute Gasteiger partial charge is 0.486 e. The number of ether oxygens (including phenoxy) is 3. The lowest BCUT2D eigenvalue weighted by Crippen LogP contribution is -2.38. The molecule has 3 rings (SSSR count). The Bertz CT molecular complexity index is 880. The van der Waals surface area contributed by atoms with Crippen LogP contribution in [-0.2, 0) is 24.3 Å². The highest BCUT2D eigenvalue weighted by molar-refractivity contribution is 7.89. The average molecular weight is 469 g/mol. The summed E-state index contributed by atoms with van der Waals surface area (Å²) in [6.45, 7) is 0.554. The first-order chi connectivity index (χ1) is 15.4. The highest BCUT2D eigenvalue weighted by Crippen LogP contribution is 2.32. The maximum absolute atomic E-state index is 12.4. The molecule has 1 amide bonds. The van der Waals surface area contributed by atoms with Gasteiger partial charge in [-0.1, -0.05) is 32.1 Å². The molecular formula is C22H32N2O7S. The number of nitrogens with one attached hydrogen (secondary N) is 2. The number of sulfonamides is 1. The van der Waals surface area contributed by atoms with Crippen LogP contribution < -0.4 is 19.5 Å². The van der Waals surface area contributed by atoms with Gasteiger partial charge < -0.3 is 19.5 Å². The Balaban J connectivity index is 1.33. The van der Waals surface area contributed by atoms with Crippen LogP contribution in [0.15, 0.2) is 23.1 Å². The van der Waals surface area contributed by atoms with Crippen LogP contribution in [0.4, 0.5) is 0 Å². The van der Waals surface area contributed by atoms with E-state index in [1.54, 1.807) is 6.07 Å². The van der Waals surface area contributed by atoms with Crippen LogP contribution in [0.3, 0.4) is 0 Å². The molecule has 1 fully saturated rings. The number of fused-ring (bicyclic) bond motifs is 1. The number of carbonyl (C=O) groups excluding carboxylic acids is 2. The van der Waals surface area contributed by atoms with E-state index in [0.29, 0.717) is 24.7 Å². The van der Waals surface area contributed by atoms with Gasteiger partial charge in [0, 0.05) is 25.1 Å². The molecule has 0 unspecified atom stereocenters. The van der Waals surface area contributed by atoms with E-state index in [2.05, 4.69) is 10.0 Å². The number of esters is 1. The molecule has 0 bridgehead atoms. The van der Waals surface area contributed by atoms with Gasteiger partial charge in [-0.3, -0.25) is 9.59 Å². The van der Waals surface area contributed by atoms with Crippen molar-refractivity contribution in [1.29, 1.82) is 0 Å². The third-order valence-corrected chi connectivity index (χ3v) is 6.97. The van der Waals surface area contributed by atoms with Crippen molar-refractivity contribution in [1.82, 2.24) is 10.0 Å². The summed E-state index contributed by atoms with van der Waals surface area (Å²) in [6.07, 6.45) is 8.05. The Morgan fingerprint density at radius 3 is 2.44 bits per heavy atom. The van der Waals surface area contributed by atoms with E-state index < -0.39 is 16.0 Å². The summed E-state index contributed by atoms with van der Waals surface area (Å²) >= 11 is 0. The second kappa shape index (κ2) is 12.1. The molecule has 2 N–H and O–H groups in total. The van der Waals surface area contributed by atoms with Crippen molar-refractivity contribution in [2.75, 3.05) is 26.4 Å². The van der Waals surface area contributed by atoms with E-state index in [0.717, 1.165) is 25.7 Å². The number of amides is 1. The zero-order chi connectivity index (χ0) is 22.8. The molecule has 1 heterocycles. The molecule has 0 aromatic heterocycles. The van der Waals surface area contributed by atoms with E-state index in [9.17, 15) is 18.0 Å². The van der Waals surface area contributed by atoms with Crippen molar-refractivity contribution in [2.24, 2.45) is 0 Å². The van der Waals surface area contributed by atoms with E-state index in [-0.39, 0.29) is 42.8 Å². The summed E-state index contributed by atoms with van der Waals surface area (Å²) in [5, 5.41) is 2.94. The van der Waals surface area contributed by atoms with Gasteiger partial charge in [-0.15, -0.1) is 0 Å². The Morgan fingerprint density at radius 2 is 1.69 bits per heavy atom. The smallest absolute Gasteiger partial charge is 0.306 e. The molecule has 2 aliphatic rings. The molecule has 1 saturated carbocycles. The quantitative estimate of drug-likeness (QED) is 0.421. The summed E-state index contributed by atoms with van der Waals surface area (Å²) in [4.78, 5) is 24.0. The minimum Gasteiger partial charge on any atom is -0.486 e. The van der Waals surface area contributed by atoms with Gasteiger partial charge in [-0.05, 0) is 31.4 Å². The first-order valence-corrected chi connectivity index (χ1v) is 12.8. The molecule has 0 radical (unpaired) electrons. The predicted molar refractivity (Wildman–Crippen MR) is 117 cm³/mol.